The average molecular weight is 403 g/mol. The predicted molar refractivity (Wildman–Crippen MR) is 113 cm³/mol. The molecule has 30 heavy (non-hydrogen) atoms. The highest BCUT2D eigenvalue weighted by molar-refractivity contribution is 5.38. The molecule has 1 aromatic heterocycles. The molecule has 4 rings (SSSR count). The number of ether oxygens (including phenoxy) is 1. The van der Waals surface area contributed by atoms with E-state index in [1.165, 1.54) is 12.1 Å². The maximum Gasteiger partial charge on any atom is 0.258 e. The Hall–Kier alpha value is -3.43. The Morgan fingerprint density at radius 3 is 2.63 bits per heavy atom. The third kappa shape index (κ3) is 4.58. The second kappa shape index (κ2) is 8.93. The van der Waals surface area contributed by atoms with Crippen molar-refractivity contribution in [3.05, 3.63) is 93.4 Å². The first-order valence-electron chi connectivity index (χ1n) is 9.79. The Morgan fingerprint density at radius 2 is 1.90 bits per heavy atom. The summed E-state index contributed by atoms with van der Waals surface area (Å²) in [7, 11) is 1.64. The quantitative estimate of drug-likeness (QED) is 0.629. The molecule has 5 nitrogen and oxygen atoms in total. The lowest BCUT2D eigenvalue weighted by atomic mass is 10.1. The van der Waals surface area contributed by atoms with Crippen LogP contribution in [0.3, 0.4) is 0 Å². The summed E-state index contributed by atoms with van der Waals surface area (Å²) < 4.78 is 19.9. The lowest BCUT2D eigenvalue weighted by molar-refractivity contribution is 0.280. The molecule has 0 amide bonds. The minimum atomic E-state index is -0.291. The zero-order valence-corrected chi connectivity index (χ0v) is 16.8. The van der Waals surface area contributed by atoms with Gasteiger partial charge in [-0.2, -0.15) is 0 Å². The minimum absolute atomic E-state index is 0.0443. The lowest BCUT2D eigenvalue weighted by Crippen LogP contribution is -2.38. The van der Waals surface area contributed by atoms with E-state index in [1.54, 1.807) is 30.1 Å². The van der Waals surface area contributed by atoms with E-state index in [4.69, 9.17) is 4.74 Å². The van der Waals surface area contributed by atoms with Crippen molar-refractivity contribution in [3.63, 3.8) is 0 Å². The van der Waals surface area contributed by atoms with E-state index in [0.717, 1.165) is 41.1 Å². The second-order valence-electron chi connectivity index (χ2n) is 7.22. The molecule has 0 atom stereocenters. The molecule has 0 aliphatic carbocycles. The lowest BCUT2D eigenvalue weighted by Gasteiger charge is -2.26. The summed E-state index contributed by atoms with van der Waals surface area (Å²) in [6, 6.07) is 13.8. The first-order chi connectivity index (χ1) is 14.6. The molecular formula is C24H22FN3O2. The fourth-order valence-corrected chi connectivity index (χ4v) is 3.47. The van der Waals surface area contributed by atoms with Crippen LogP contribution in [0.4, 0.5) is 4.39 Å². The summed E-state index contributed by atoms with van der Waals surface area (Å²) in [6.45, 7) is 2.30. The molecule has 0 fully saturated rings. The van der Waals surface area contributed by atoms with Crippen LogP contribution in [-0.4, -0.2) is 34.7 Å². The predicted octanol–water partition coefficient (Wildman–Crippen LogP) is 2.85. The number of halogens is 1. The molecule has 0 saturated carbocycles. The number of methoxy groups -OCH3 is 1. The van der Waals surface area contributed by atoms with Crippen LogP contribution in [0.15, 0.2) is 59.7 Å². The smallest absolute Gasteiger partial charge is 0.258 e. The van der Waals surface area contributed by atoms with Gasteiger partial charge in [-0.15, -0.1) is 0 Å². The monoisotopic (exact) mass is 403 g/mol. The van der Waals surface area contributed by atoms with Crippen LogP contribution in [-0.2, 0) is 19.5 Å². The number of benzene rings is 2. The molecule has 0 bridgehead atoms. The summed E-state index contributed by atoms with van der Waals surface area (Å²) in [4.78, 5) is 19.6. The molecule has 0 saturated heterocycles. The Bertz CT molecular complexity index is 1140. The van der Waals surface area contributed by atoms with Gasteiger partial charge >= 0.3 is 0 Å². The van der Waals surface area contributed by atoms with Gasteiger partial charge in [-0.05, 0) is 42.0 Å². The normalized spacial score (nSPS) is 13.3. The van der Waals surface area contributed by atoms with E-state index in [9.17, 15) is 9.18 Å². The standard InChI is InChI=1S/C24H22FN3O2/c1-30-21-10-6-18(7-11-21)3-2-13-27-14-12-23-22(16-27)24(29)28(17-26-23)15-19-4-8-20(25)9-5-19/h4-11,17H,12-16H2,1H3. The molecular weight excluding hydrogens is 381 g/mol. The minimum Gasteiger partial charge on any atom is -0.497 e. The van der Waals surface area contributed by atoms with Gasteiger partial charge in [0.25, 0.3) is 5.56 Å². The van der Waals surface area contributed by atoms with Crippen LogP contribution in [0.2, 0.25) is 0 Å². The second-order valence-corrected chi connectivity index (χ2v) is 7.22. The van der Waals surface area contributed by atoms with E-state index in [-0.39, 0.29) is 11.4 Å². The van der Waals surface area contributed by atoms with Crippen LogP contribution in [0.25, 0.3) is 0 Å². The van der Waals surface area contributed by atoms with Crippen molar-refractivity contribution in [2.24, 2.45) is 0 Å². The van der Waals surface area contributed by atoms with Crippen LogP contribution >= 0.6 is 0 Å². The fraction of sp³-hybridized carbons (Fsp3) is 0.250. The van der Waals surface area contributed by atoms with E-state index < -0.39 is 0 Å². The van der Waals surface area contributed by atoms with Crippen LogP contribution in [0, 0.1) is 17.7 Å². The van der Waals surface area contributed by atoms with Crippen molar-refractivity contribution in [2.45, 2.75) is 19.5 Å². The summed E-state index contributed by atoms with van der Waals surface area (Å²) in [5.74, 6) is 6.86. The molecule has 0 unspecified atom stereocenters. The van der Waals surface area contributed by atoms with Gasteiger partial charge in [0.1, 0.15) is 11.6 Å². The van der Waals surface area contributed by atoms with Gasteiger partial charge in [-0.1, -0.05) is 24.0 Å². The average Bonchev–Trinajstić information content (AvgIpc) is 2.78. The van der Waals surface area contributed by atoms with Crippen LogP contribution in [0.5, 0.6) is 5.75 Å². The number of fused-ring (bicyclic) bond motifs is 1. The third-order valence-electron chi connectivity index (χ3n) is 5.16. The zero-order chi connectivity index (χ0) is 20.9. The Kier molecular flexibility index (Phi) is 5.92. The summed E-state index contributed by atoms with van der Waals surface area (Å²) in [6.07, 6.45) is 2.32. The van der Waals surface area contributed by atoms with Gasteiger partial charge in [-0.3, -0.25) is 14.3 Å². The van der Waals surface area contributed by atoms with Gasteiger partial charge in [0.05, 0.1) is 37.8 Å². The number of nitrogens with zero attached hydrogens (tertiary/aromatic N) is 3. The van der Waals surface area contributed by atoms with Gasteiger partial charge in [0.2, 0.25) is 0 Å². The van der Waals surface area contributed by atoms with E-state index >= 15 is 0 Å². The van der Waals surface area contributed by atoms with Crippen molar-refractivity contribution < 1.29 is 9.13 Å². The van der Waals surface area contributed by atoms with Crippen molar-refractivity contribution >= 4 is 0 Å². The summed E-state index contributed by atoms with van der Waals surface area (Å²) in [5, 5.41) is 0. The van der Waals surface area contributed by atoms with Crippen LogP contribution in [0.1, 0.15) is 22.4 Å². The molecule has 152 valence electrons. The largest absolute Gasteiger partial charge is 0.497 e. The van der Waals surface area contributed by atoms with E-state index in [1.807, 2.05) is 24.3 Å². The van der Waals surface area contributed by atoms with Crippen molar-refractivity contribution in [1.82, 2.24) is 14.5 Å². The summed E-state index contributed by atoms with van der Waals surface area (Å²) in [5.41, 5.74) is 3.32. The number of hydrogen-bond donors (Lipinski definition) is 0. The topological polar surface area (TPSA) is 47.4 Å². The van der Waals surface area contributed by atoms with Gasteiger partial charge < -0.3 is 4.74 Å². The molecule has 1 aliphatic rings. The highest BCUT2D eigenvalue weighted by Gasteiger charge is 2.20. The maximum absolute atomic E-state index is 13.1. The highest BCUT2D eigenvalue weighted by atomic mass is 19.1. The molecule has 0 spiro atoms. The van der Waals surface area contributed by atoms with Crippen molar-refractivity contribution in [3.8, 4) is 17.6 Å². The number of rotatable bonds is 4. The molecule has 0 radical (unpaired) electrons. The first kappa shape index (κ1) is 19.9. The molecule has 0 N–H and O–H groups in total. The van der Waals surface area contributed by atoms with E-state index in [0.29, 0.717) is 19.6 Å². The first-order valence-corrected chi connectivity index (χ1v) is 9.79. The Morgan fingerprint density at radius 1 is 1.13 bits per heavy atom. The van der Waals surface area contributed by atoms with Gasteiger partial charge in [0.15, 0.2) is 0 Å². The number of aromatic nitrogens is 2. The third-order valence-corrected chi connectivity index (χ3v) is 5.16. The molecule has 2 aromatic carbocycles. The zero-order valence-electron chi connectivity index (χ0n) is 16.8. The van der Waals surface area contributed by atoms with Gasteiger partial charge in [0, 0.05) is 25.1 Å². The summed E-state index contributed by atoms with van der Waals surface area (Å²) >= 11 is 0. The molecule has 1 aliphatic heterocycles. The molecule has 2 heterocycles. The van der Waals surface area contributed by atoms with Crippen LogP contribution < -0.4 is 10.3 Å². The molecule has 6 heteroatoms. The number of hydrogen-bond acceptors (Lipinski definition) is 4. The van der Waals surface area contributed by atoms with E-state index in [2.05, 4.69) is 21.7 Å². The van der Waals surface area contributed by atoms with Crippen molar-refractivity contribution in [1.29, 1.82) is 0 Å². The Balaban J connectivity index is 1.45. The highest BCUT2D eigenvalue weighted by Crippen LogP contribution is 2.14. The van der Waals surface area contributed by atoms with Gasteiger partial charge in [-0.25, -0.2) is 9.37 Å². The SMILES string of the molecule is COc1ccc(C#CCN2CCc3ncn(Cc4ccc(F)cc4)c(=O)c3C2)cc1. The van der Waals surface area contributed by atoms with Crippen molar-refractivity contribution in [2.75, 3.05) is 20.2 Å². The fourth-order valence-electron chi connectivity index (χ4n) is 3.47. The maximum atomic E-state index is 13.1. The molecule has 3 aromatic rings. The Labute approximate surface area is 174 Å².